The number of nitrogens with zero attached hydrogens (tertiary/aromatic N) is 3. The maximum absolute atomic E-state index is 12.8. The standard InChI is InChI=1S/C20H24ClN5O3S2/c1-20(2,3)29-19(28)22-14(9-10-30-4)16(27)23-17-24-18-26(25-17)15(11-31-18)12-5-7-13(21)8-6-12/h5-8,11,14H,9-10H2,1-4H3,(H,22,28)(H,23,25,27). The van der Waals surface area contributed by atoms with Gasteiger partial charge in [-0.25, -0.2) is 9.31 Å². The van der Waals surface area contributed by atoms with Crippen molar-refractivity contribution in [3.05, 3.63) is 34.7 Å². The number of anilines is 1. The van der Waals surface area contributed by atoms with Crippen LogP contribution < -0.4 is 10.6 Å². The Hall–Kier alpha value is -2.30. The number of benzene rings is 1. The van der Waals surface area contributed by atoms with E-state index in [0.717, 1.165) is 11.3 Å². The van der Waals surface area contributed by atoms with Crippen LogP contribution in [0.1, 0.15) is 27.2 Å². The normalized spacial score (nSPS) is 12.5. The van der Waals surface area contributed by atoms with Crippen molar-refractivity contribution in [1.82, 2.24) is 19.9 Å². The first-order chi connectivity index (χ1) is 14.7. The molecule has 0 aliphatic heterocycles. The van der Waals surface area contributed by atoms with E-state index in [1.807, 2.05) is 23.8 Å². The Morgan fingerprint density at radius 1 is 1.29 bits per heavy atom. The summed E-state index contributed by atoms with van der Waals surface area (Å²) in [5.41, 5.74) is 1.12. The second-order valence-electron chi connectivity index (χ2n) is 7.73. The van der Waals surface area contributed by atoms with Crippen LogP contribution in [-0.4, -0.2) is 50.2 Å². The summed E-state index contributed by atoms with van der Waals surface area (Å²) in [5.74, 6) is 0.471. The van der Waals surface area contributed by atoms with E-state index in [-0.39, 0.29) is 5.95 Å². The van der Waals surface area contributed by atoms with Gasteiger partial charge in [-0.3, -0.25) is 10.1 Å². The van der Waals surface area contributed by atoms with Crippen molar-refractivity contribution < 1.29 is 14.3 Å². The van der Waals surface area contributed by atoms with Crippen molar-refractivity contribution in [3.8, 4) is 11.3 Å². The average molecular weight is 482 g/mol. The van der Waals surface area contributed by atoms with Gasteiger partial charge >= 0.3 is 6.09 Å². The van der Waals surface area contributed by atoms with Gasteiger partial charge in [0, 0.05) is 16.0 Å². The number of amides is 2. The van der Waals surface area contributed by atoms with E-state index < -0.39 is 23.6 Å². The maximum atomic E-state index is 12.8. The van der Waals surface area contributed by atoms with E-state index in [0.29, 0.717) is 22.2 Å². The van der Waals surface area contributed by atoms with Crippen LogP contribution in [0.15, 0.2) is 29.6 Å². The summed E-state index contributed by atoms with van der Waals surface area (Å²) >= 11 is 8.97. The highest BCUT2D eigenvalue weighted by molar-refractivity contribution is 7.98. The first kappa shape index (κ1) is 23.4. The molecule has 1 aromatic carbocycles. The minimum atomic E-state index is -0.764. The van der Waals surface area contributed by atoms with Gasteiger partial charge in [0.1, 0.15) is 11.6 Å². The van der Waals surface area contributed by atoms with Crippen molar-refractivity contribution in [2.24, 2.45) is 0 Å². The molecule has 0 fully saturated rings. The highest BCUT2D eigenvalue weighted by atomic mass is 35.5. The smallest absolute Gasteiger partial charge is 0.408 e. The molecule has 0 spiro atoms. The van der Waals surface area contributed by atoms with Gasteiger partial charge in [-0.2, -0.15) is 16.7 Å². The van der Waals surface area contributed by atoms with Crippen LogP contribution in [-0.2, 0) is 9.53 Å². The third-order valence-corrected chi connectivity index (χ3v) is 5.79. The number of hydrogen-bond donors (Lipinski definition) is 2. The molecule has 2 heterocycles. The number of fused-ring (bicyclic) bond motifs is 1. The zero-order valence-electron chi connectivity index (χ0n) is 17.6. The first-order valence-electron chi connectivity index (χ1n) is 9.56. The number of nitrogens with one attached hydrogen (secondary N) is 2. The third kappa shape index (κ3) is 6.34. The number of aromatic nitrogens is 3. The number of thiazole rings is 1. The molecule has 0 radical (unpaired) electrons. The molecule has 3 aromatic rings. The molecule has 8 nitrogen and oxygen atoms in total. The van der Waals surface area contributed by atoms with Crippen LogP contribution in [0.3, 0.4) is 0 Å². The quantitative estimate of drug-likeness (QED) is 0.507. The number of thioether (sulfide) groups is 1. The van der Waals surface area contributed by atoms with Crippen molar-refractivity contribution in [3.63, 3.8) is 0 Å². The minimum Gasteiger partial charge on any atom is -0.444 e. The second-order valence-corrected chi connectivity index (χ2v) is 9.99. The zero-order chi connectivity index (χ0) is 22.6. The topological polar surface area (TPSA) is 97.6 Å². The van der Waals surface area contributed by atoms with Gasteiger partial charge < -0.3 is 10.1 Å². The SMILES string of the molecule is CSCCC(NC(=O)OC(C)(C)C)C(=O)Nc1nc2scc(-c3ccc(Cl)cc3)n2n1. The van der Waals surface area contributed by atoms with Gasteiger partial charge in [0.15, 0.2) is 0 Å². The van der Waals surface area contributed by atoms with Gasteiger partial charge in [-0.05, 0) is 51.3 Å². The molecular weight excluding hydrogens is 458 g/mol. The third-order valence-electron chi connectivity index (χ3n) is 4.07. The lowest BCUT2D eigenvalue weighted by Gasteiger charge is -2.22. The lowest BCUT2D eigenvalue weighted by molar-refractivity contribution is -0.118. The Balaban J connectivity index is 1.75. The molecule has 166 valence electrons. The van der Waals surface area contributed by atoms with Crippen LogP contribution in [0.4, 0.5) is 10.7 Å². The monoisotopic (exact) mass is 481 g/mol. The molecule has 2 aromatic heterocycles. The largest absolute Gasteiger partial charge is 0.444 e. The van der Waals surface area contributed by atoms with Crippen molar-refractivity contribution in [2.75, 3.05) is 17.3 Å². The molecule has 31 heavy (non-hydrogen) atoms. The molecule has 0 aliphatic rings. The van der Waals surface area contributed by atoms with E-state index >= 15 is 0 Å². The molecule has 11 heteroatoms. The van der Waals surface area contributed by atoms with Gasteiger partial charge in [0.25, 0.3) is 5.95 Å². The molecule has 1 atom stereocenters. The van der Waals surface area contributed by atoms with Gasteiger partial charge in [-0.1, -0.05) is 23.7 Å². The number of alkyl carbamates (subject to hydrolysis) is 1. The van der Waals surface area contributed by atoms with Crippen LogP contribution in [0.5, 0.6) is 0 Å². The van der Waals surface area contributed by atoms with Gasteiger partial charge in [-0.15, -0.1) is 16.4 Å². The number of carbonyl (C=O) groups excluding carboxylic acids is 2. The Labute approximate surface area is 193 Å². The number of rotatable bonds is 7. The average Bonchev–Trinajstić information content (AvgIpc) is 3.24. The van der Waals surface area contributed by atoms with E-state index in [4.69, 9.17) is 16.3 Å². The van der Waals surface area contributed by atoms with Crippen LogP contribution in [0.25, 0.3) is 16.2 Å². The van der Waals surface area contributed by atoms with Crippen LogP contribution in [0.2, 0.25) is 5.02 Å². The number of hydrogen-bond acceptors (Lipinski definition) is 7. The van der Waals surface area contributed by atoms with Gasteiger partial charge in [0.2, 0.25) is 10.9 Å². The van der Waals surface area contributed by atoms with Crippen molar-refractivity contribution in [2.45, 2.75) is 38.8 Å². The fourth-order valence-corrected chi connectivity index (χ4v) is 4.13. The molecule has 3 rings (SSSR count). The molecule has 0 aliphatic carbocycles. The lowest BCUT2D eigenvalue weighted by Crippen LogP contribution is -2.46. The van der Waals surface area contributed by atoms with Crippen LogP contribution in [0, 0.1) is 0 Å². The summed E-state index contributed by atoms with van der Waals surface area (Å²) in [7, 11) is 0. The fraction of sp³-hybridized carbons (Fsp3) is 0.400. The predicted molar refractivity (Wildman–Crippen MR) is 126 cm³/mol. The fourth-order valence-electron chi connectivity index (χ4n) is 2.70. The lowest BCUT2D eigenvalue weighted by atomic mass is 10.2. The molecule has 0 bridgehead atoms. The van der Waals surface area contributed by atoms with E-state index in [1.165, 1.54) is 11.3 Å². The second kappa shape index (κ2) is 9.88. The molecule has 2 N–H and O–H groups in total. The van der Waals surface area contributed by atoms with Gasteiger partial charge in [0.05, 0.1) is 5.69 Å². The Kier molecular flexibility index (Phi) is 7.45. The molecule has 0 saturated heterocycles. The predicted octanol–water partition coefficient (Wildman–Crippen LogP) is 4.70. The Morgan fingerprint density at radius 3 is 2.65 bits per heavy atom. The molecular formula is C20H24ClN5O3S2. The minimum absolute atomic E-state index is 0.173. The highest BCUT2D eigenvalue weighted by Crippen LogP contribution is 2.27. The number of halogens is 1. The Morgan fingerprint density at radius 2 is 2.00 bits per heavy atom. The Bertz CT molecular complexity index is 1060. The van der Waals surface area contributed by atoms with E-state index in [9.17, 15) is 9.59 Å². The molecule has 2 amide bonds. The highest BCUT2D eigenvalue weighted by Gasteiger charge is 2.25. The number of carbonyl (C=O) groups is 2. The molecule has 0 saturated carbocycles. The number of ether oxygens (including phenoxy) is 1. The summed E-state index contributed by atoms with van der Waals surface area (Å²) in [6.07, 6.45) is 1.74. The van der Waals surface area contributed by atoms with E-state index in [2.05, 4.69) is 20.7 Å². The summed E-state index contributed by atoms with van der Waals surface area (Å²) in [5, 5.41) is 12.3. The van der Waals surface area contributed by atoms with Crippen LogP contribution >= 0.6 is 34.7 Å². The summed E-state index contributed by atoms with van der Waals surface area (Å²) in [4.78, 5) is 30.0. The first-order valence-corrected chi connectivity index (χ1v) is 12.2. The van der Waals surface area contributed by atoms with Crippen molar-refractivity contribution >= 4 is 57.6 Å². The molecule has 1 unspecified atom stereocenters. The summed E-state index contributed by atoms with van der Waals surface area (Å²) in [6, 6.07) is 6.64. The zero-order valence-corrected chi connectivity index (χ0v) is 20.0. The maximum Gasteiger partial charge on any atom is 0.408 e. The van der Waals surface area contributed by atoms with Crippen molar-refractivity contribution in [1.29, 1.82) is 0 Å². The van der Waals surface area contributed by atoms with E-state index in [1.54, 1.807) is 49.2 Å². The summed E-state index contributed by atoms with van der Waals surface area (Å²) < 4.78 is 6.95. The summed E-state index contributed by atoms with van der Waals surface area (Å²) in [6.45, 7) is 5.30.